The number of hydrogen-bond donors (Lipinski definition) is 1. The van der Waals surface area contributed by atoms with Gasteiger partial charge in [-0.3, -0.25) is 9.59 Å². The molecule has 1 aliphatic heterocycles. The van der Waals surface area contributed by atoms with E-state index >= 15 is 0 Å². The van der Waals surface area contributed by atoms with Crippen molar-refractivity contribution >= 4 is 11.6 Å². The van der Waals surface area contributed by atoms with Gasteiger partial charge < -0.3 is 9.84 Å². The van der Waals surface area contributed by atoms with Crippen molar-refractivity contribution in [2.75, 3.05) is 6.61 Å². The zero-order chi connectivity index (χ0) is 17.6. The molecule has 1 spiro atoms. The Kier molecular flexibility index (Phi) is 3.01. The van der Waals surface area contributed by atoms with Crippen LogP contribution in [0.2, 0.25) is 0 Å². The second-order valence-corrected chi connectivity index (χ2v) is 9.22. The van der Waals surface area contributed by atoms with E-state index in [9.17, 15) is 14.7 Å². The lowest BCUT2D eigenvalue weighted by molar-refractivity contribution is -0.131. The minimum atomic E-state index is -0.343. The second kappa shape index (κ2) is 4.72. The van der Waals surface area contributed by atoms with Gasteiger partial charge in [0.05, 0.1) is 6.10 Å². The number of allylic oxidation sites excluding steroid dienone is 2. The fraction of sp³-hybridized carbons (Fsp3) is 0.714. The molecule has 25 heavy (non-hydrogen) atoms. The van der Waals surface area contributed by atoms with E-state index in [1.807, 2.05) is 6.08 Å². The summed E-state index contributed by atoms with van der Waals surface area (Å²) >= 11 is 0. The number of aliphatic hydroxyl groups is 1. The monoisotopic (exact) mass is 342 g/mol. The van der Waals surface area contributed by atoms with Crippen LogP contribution >= 0.6 is 0 Å². The Morgan fingerprint density at radius 3 is 2.84 bits per heavy atom. The van der Waals surface area contributed by atoms with Crippen LogP contribution in [-0.4, -0.2) is 35.0 Å². The van der Waals surface area contributed by atoms with E-state index in [0.29, 0.717) is 11.8 Å². The average molecular weight is 342 g/mol. The van der Waals surface area contributed by atoms with E-state index in [2.05, 4.69) is 19.9 Å². The standard InChI is InChI=1S/C21H26O4/c1-19-10-18-21(25-18)15(14(19)5-6-16(19)17(24)11-22)4-3-12-9-13(23)7-8-20(12,21)2/h7-9,14-16,18,22H,3-6,10-11H2,1-2H3/t14-,15-,16?,18?,19-,20-,21-/m0/s1. The lowest BCUT2D eigenvalue weighted by Gasteiger charge is -2.54. The van der Waals surface area contributed by atoms with Crippen LogP contribution in [-0.2, 0) is 14.3 Å². The Morgan fingerprint density at radius 2 is 2.08 bits per heavy atom. The summed E-state index contributed by atoms with van der Waals surface area (Å²) < 4.78 is 6.46. The van der Waals surface area contributed by atoms with Crippen LogP contribution in [0.25, 0.3) is 0 Å². The van der Waals surface area contributed by atoms with Gasteiger partial charge in [-0.2, -0.15) is 0 Å². The Morgan fingerprint density at radius 1 is 1.28 bits per heavy atom. The highest BCUT2D eigenvalue weighted by Gasteiger charge is 2.78. The maximum absolute atomic E-state index is 12.3. The fourth-order valence-corrected chi connectivity index (χ4v) is 7.28. The molecule has 1 heterocycles. The first-order valence-electron chi connectivity index (χ1n) is 9.62. The van der Waals surface area contributed by atoms with Crippen LogP contribution in [0, 0.1) is 28.6 Å². The quantitative estimate of drug-likeness (QED) is 0.784. The lowest BCUT2D eigenvalue weighted by Crippen LogP contribution is -2.57. The van der Waals surface area contributed by atoms with Crippen LogP contribution in [0.15, 0.2) is 23.8 Å². The van der Waals surface area contributed by atoms with Crippen molar-refractivity contribution in [3.63, 3.8) is 0 Å². The number of ether oxygens (including phenoxy) is 1. The fourth-order valence-electron chi connectivity index (χ4n) is 7.28. The van der Waals surface area contributed by atoms with Crippen LogP contribution in [0.1, 0.15) is 46.0 Å². The van der Waals surface area contributed by atoms with E-state index in [4.69, 9.17) is 4.74 Å². The summed E-state index contributed by atoms with van der Waals surface area (Å²) in [7, 11) is 0. The van der Waals surface area contributed by atoms with Gasteiger partial charge in [0.2, 0.25) is 0 Å². The van der Waals surface area contributed by atoms with Crippen molar-refractivity contribution in [2.45, 2.75) is 57.7 Å². The molecule has 5 aliphatic rings. The number of carbonyl (C=O) groups is 2. The van der Waals surface area contributed by atoms with Gasteiger partial charge in [-0.1, -0.05) is 18.6 Å². The molecule has 1 saturated heterocycles. The first kappa shape index (κ1) is 16.0. The van der Waals surface area contributed by atoms with Crippen molar-refractivity contribution in [3.05, 3.63) is 23.8 Å². The number of aliphatic hydroxyl groups excluding tert-OH is 1. The molecule has 7 atom stereocenters. The molecule has 0 bridgehead atoms. The van der Waals surface area contributed by atoms with Crippen molar-refractivity contribution in [1.82, 2.24) is 0 Å². The largest absolute Gasteiger partial charge is 0.389 e. The zero-order valence-electron chi connectivity index (χ0n) is 15.0. The van der Waals surface area contributed by atoms with E-state index in [-0.39, 0.29) is 46.6 Å². The number of fused-ring (bicyclic) bond motifs is 3. The molecular weight excluding hydrogens is 316 g/mol. The van der Waals surface area contributed by atoms with Crippen molar-refractivity contribution < 1.29 is 19.4 Å². The number of ketones is 2. The Balaban J connectivity index is 1.55. The average Bonchev–Trinajstić information content (AvgIpc) is 3.20. The summed E-state index contributed by atoms with van der Waals surface area (Å²) in [5.74, 6) is 0.973. The van der Waals surface area contributed by atoms with Crippen molar-refractivity contribution in [1.29, 1.82) is 0 Å². The van der Waals surface area contributed by atoms with Gasteiger partial charge in [0, 0.05) is 11.3 Å². The third-order valence-corrected chi connectivity index (χ3v) is 8.47. The topological polar surface area (TPSA) is 66.9 Å². The van der Waals surface area contributed by atoms with Gasteiger partial charge in [-0.05, 0) is 68.4 Å². The highest BCUT2D eigenvalue weighted by molar-refractivity contribution is 6.01. The SMILES string of the molecule is C[C@]12C=CC(=O)C=C1CC[C@H]1[C@@H]3CCC(C(=O)CO)[C@@]3(C)CC3O[C@]312. The number of Topliss-reactive ketones (excluding diaryl/α,β-unsaturated/α-hetero) is 1. The Hall–Kier alpha value is -1.26. The molecule has 0 amide bonds. The van der Waals surface area contributed by atoms with E-state index in [1.165, 1.54) is 5.57 Å². The van der Waals surface area contributed by atoms with Crippen molar-refractivity contribution in [3.8, 4) is 0 Å². The molecule has 1 N–H and O–H groups in total. The number of carbonyl (C=O) groups excluding carboxylic acids is 2. The molecule has 4 aliphatic carbocycles. The maximum Gasteiger partial charge on any atom is 0.178 e. The first-order chi connectivity index (χ1) is 11.9. The van der Waals surface area contributed by atoms with Crippen LogP contribution in [0.3, 0.4) is 0 Å². The van der Waals surface area contributed by atoms with Gasteiger partial charge in [0.1, 0.15) is 12.2 Å². The van der Waals surface area contributed by atoms with Gasteiger partial charge in [0.25, 0.3) is 0 Å². The molecule has 0 radical (unpaired) electrons. The molecule has 4 nitrogen and oxygen atoms in total. The molecule has 0 aromatic carbocycles. The molecule has 2 unspecified atom stereocenters. The zero-order valence-corrected chi connectivity index (χ0v) is 15.0. The van der Waals surface area contributed by atoms with Crippen LogP contribution < -0.4 is 0 Å². The third kappa shape index (κ3) is 1.71. The molecule has 4 heteroatoms. The molecule has 4 fully saturated rings. The third-order valence-electron chi connectivity index (χ3n) is 8.47. The molecule has 3 saturated carbocycles. The predicted octanol–water partition coefficient (Wildman–Crippen LogP) is 2.60. The van der Waals surface area contributed by atoms with E-state index < -0.39 is 0 Å². The minimum absolute atomic E-state index is 0.00362. The van der Waals surface area contributed by atoms with Gasteiger partial charge in [-0.25, -0.2) is 0 Å². The highest BCUT2D eigenvalue weighted by Crippen LogP contribution is 2.75. The summed E-state index contributed by atoms with van der Waals surface area (Å²) in [6.07, 6.45) is 10.6. The van der Waals surface area contributed by atoms with Gasteiger partial charge in [0.15, 0.2) is 11.6 Å². The molecular formula is C21H26O4. The smallest absolute Gasteiger partial charge is 0.178 e. The molecule has 134 valence electrons. The summed E-state index contributed by atoms with van der Waals surface area (Å²) in [6.45, 7) is 4.15. The summed E-state index contributed by atoms with van der Waals surface area (Å²) in [4.78, 5) is 24.2. The Bertz CT molecular complexity index is 736. The molecule has 0 aromatic rings. The number of epoxide rings is 1. The molecule has 5 rings (SSSR count). The predicted molar refractivity (Wildman–Crippen MR) is 91.7 cm³/mol. The van der Waals surface area contributed by atoms with E-state index in [1.54, 1.807) is 6.08 Å². The van der Waals surface area contributed by atoms with E-state index in [0.717, 1.165) is 32.1 Å². The highest BCUT2D eigenvalue weighted by atomic mass is 16.6. The van der Waals surface area contributed by atoms with Gasteiger partial charge >= 0.3 is 0 Å². The normalized spacial score (nSPS) is 52.6. The first-order valence-corrected chi connectivity index (χ1v) is 9.62. The van der Waals surface area contributed by atoms with Crippen molar-refractivity contribution in [2.24, 2.45) is 28.6 Å². The van der Waals surface area contributed by atoms with Crippen LogP contribution in [0.5, 0.6) is 0 Å². The van der Waals surface area contributed by atoms with Gasteiger partial charge in [-0.15, -0.1) is 0 Å². The summed E-state index contributed by atoms with van der Waals surface area (Å²) in [5, 5.41) is 9.40. The maximum atomic E-state index is 12.3. The van der Waals surface area contributed by atoms with Crippen LogP contribution in [0.4, 0.5) is 0 Å². The summed E-state index contributed by atoms with van der Waals surface area (Å²) in [6, 6.07) is 0. The lowest BCUT2D eigenvalue weighted by atomic mass is 9.47. The summed E-state index contributed by atoms with van der Waals surface area (Å²) in [5.41, 5.74) is 0.800. The minimum Gasteiger partial charge on any atom is -0.389 e. The second-order valence-electron chi connectivity index (χ2n) is 9.22. The number of hydrogen-bond acceptors (Lipinski definition) is 4. The molecule has 0 aromatic heterocycles. The number of rotatable bonds is 2. The Labute approximate surface area is 148 Å².